The summed E-state index contributed by atoms with van der Waals surface area (Å²) in [5.74, 6) is -1.25. The molecule has 7 nitrogen and oxygen atoms in total. The van der Waals surface area contributed by atoms with E-state index in [0.717, 1.165) is 4.88 Å². The average molecular weight is 362 g/mol. The number of aromatic hydroxyl groups is 1. The summed E-state index contributed by atoms with van der Waals surface area (Å²) in [7, 11) is 0. The summed E-state index contributed by atoms with van der Waals surface area (Å²) in [5, 5.41) is 16.3. The minimum atomic E-state index is -0.590. The average Bonchev–Trinajstić information content (AvgIpc) is 3.08. The Labute approximate surface area is 148 Å². The number of carbonyl (C=O) groups excluding carboxylic acids is 3. The predicted molar refractivity (Wildman–Crippen MR) is 93.2 cm³/mol. The van der Waals surface area contributed by atoms with Gasteiger partial charge in [-0.15, -0.1) is 11.3 Å². The van der Waals surface area contributed by atoms with Crippen LogP contribution in [0, 0.1) is 0 Å². The van der Waals surface area contributed by atoms with E-state index in [2.05, 4.69) is 10.6 Å². The van der Waals surface area contributed by atoms with Gasteiger partial charge in [-0.05, 0) is 35.7 Å². The lowest BCUT2D eigenvalue weighted by Gasteiger charge is -2.15. The van der Waals surface area contributed by atoms with Crippen LogP contribution in [-0.2, 0) is 19.1 Å². The number of carbonyl (C=O) groups is 3. The van der Waals surface area contributed by atoms with Crippen molar-refractivity contribution in [2.24, 2.45) is 0 Å². The first-order valence-electron chi connectivity index (χ1n) is 7.49. The highest BCUT2D eigenvalue weighted by atomic mass is 32.1. The molecular formula is C17H18N2O5S. The van der Waals surface area contributed by atoms with Crippen molar-refractivity contribution in [1.29, 1.82) is 0 Å². The lowest BCUT2D eigenvalue weighted by Crippen LogP contribution is -2.29. The van der Waals surface area contributed by atoms with Crippen LogP contribution in [0.15, 0.2) is 41.8 Å². The lowest BCUT2D eigenvalue weighted by molar-refractivity contribution is -0.147. The number of nitrogens with one attached hydrogen (secondary N) is 2. The number of ether oxygens (including phenoxy) is 1. The molecule has 1 aromatic heterocycles. The summed E-state index contributed by atoms with van der Waals surface area (Å²) < 4.78 is 4.96. The van der Waals surface area contributed by atoms with Gasteiger partial charge in [0.05, 0.1) is 12.5 Å². The van der Waals surface area contributed by atoms with Crippen LogP contribution in [0.5, 0.6) is 5.75 Å². The van der Waals surface area contributed by atoms with Gasteiger partial charge in [0.1, 0.15) is 5.75 Å². The Balaban J connectivity index is 1.82. The summed E-state index contributed by atoms with van der Waals surface area (Å²) in [4.78, 5) is 35.8. The number of hydrogen-bond donors (Lipinski definition) is 3. The van der Waals surface area contributed by atoms with Crippen molar-refractivity contribution in [1.82, 2.24) is 5.32 Å². The molecule has 25 heavy (non-hydrogen) atoms. The molecule has 8 heteroatoms. The molecule has 1 heterocycles. The number of thiophene rings is 1. The monoisotopic (exact) mass is 362 g/mol. The van der Waals surface area contributed by atoms with E-state index in [4.69, 9.17) is 4.74 Å². The maximum absolute atomic E-state index is 11.9. The van der Waals surface area contributed by atoms with Gasteiger partial charge in [0.25, 0.3) is 5.91 Å². The Kier molecular flexibility index (Phi) is 6.53. The molecule has 0 fully saturated rings. The fraction of sp³-hybridized carbons (Fsp3) is 0.235. The van der Waals surface area contributed by atoms with Crippen LogP contribution in [0.25, 0.3) is 0 Å². The normalized spacial score (nSPS) is 11.4. The Morgan fingerprint density at radius 3 is 2.52 bits per heavy atom. The second-order valence-electron chi connectivity index (χ2n) is 5.23. The first-order valence-corrected chi connectivity index (χ1v) is 8.37. The van der Waals surface area contributed by atoms with Gasteiger partial charge in [-0.25, -0.2) is 0 Å². The van der Waals surface area contributed by atoms with Crippen LogP contribution in [-0.4, -0.2) is 29.5 Å². The summed E-state index contributed by atoms with van der Waals surface area (Å²) in [5.41, 5.74) is 0.480. The van der Waals surface area contributed by atoms with E-state index in [0.29, 0.717) is 5.69 Å². The molecule has 2 rings (SSSR count). The van der Waals surface area contributed by atoms with Crippen LogP contribution < -0.4 is 10.6 Å². The summed E-state index contributed by atoms with van der Waals surface area (Å²) >= 11 is 1.42. The molecule has 1 aromatic carbocycles. The van der Waals surface area contributed by atoms with Crippen molar-refractivity contribution in [3.8, 4) is 5.75 Å². The van der Waals surface area contributed by atoms with E-state index >= 15 is 0 Å². The van der Waals surface area contributed by atoms with Crippen LogP contribution in [0.3, 0.4) is 0 Å². The Morgan fingerprint density at radius 1 is 1.20 bits per heavy atom. The van der Waals surface area contributed by atoms with E-state index in [1.54, 1.807) is 0 Å². The predicted octanol–water partition coefficient (Wildman–Crippen LogP) is 2.20. The molecule has 2 aromatic rings. The summed E-state index contributed by atoms with van der Waals surface area (Å²) in [6.07, 6.45) is -0.0629. The quantitative estimate of drug-likeness (QED) is 0.517. The largest absolute Gasteiger partial charge is 0.508 e. The van der Waals surface area contributed by atoms with Gasteiger partial charge >= 0.3 is 5.97 Å². The van der Waals surface area contributed by atoms with Crippen molar-refractivity contribution in [3.05, 3.63) is 46.7 Å². The molecule has 0 aliphatic rings. The highest BCUT2D eigenvalue weighted by Crippen LogP contribution is 2.22. The van der Waals surface area contributed by atoms with Gasteiger partial charge < -0.3 is 20.5 Å². The first-order chi connectivity index (χ1) is 11.9. The molecule has 1 unspecified atom stereocenters. The maximum Gasteiger partial charge on any atom is 0.308 e. The molecule has 0 saturated carbocycles. The number of anilines is 1. The van der Waals surface area contributed by atoms with E-state index in [1.807, 2.05) is 17.5 Å². The second kappa shape index (κ2) is 8.84. The Morgan fingerprint density at radius 2 is 1.92 bits per heavy atom. The summed E-state index contributed by atoms with van der Waals surface area (Å²) in [6, 6.07) is 9.07. The van der Waals surface area contributed by atoms with Crippen molar-refractivity contribution < 1.29 is 24.2 Å². The second-order valence-corrected chi connectivity index (χ2v) is 6.21. The zero-order valence-corrected chi connectivity index (χ0v) is 14.3. The van der Waals surface area contributed by atoms with Crippen LogP contribution >= 0.6 is 11.3 Å². The fourth-order valence-corrected chi connectivity index (χ4v) is 2.85. The van der Waals surface area contributed by atoms with Gasteiger partial charge in [0, 0.05) is 17.5 Å². The number of amides is 2. The third kappa shape index (κ3) is 6.27. The molecule has 0 spiro atoms. The molecule has 0 aliphatic carbocycles. The van der Waals surface area contributed by atoms with Crippen LogP contribution in [0.1, 0.15) is 24.3 Å². The molecule has 0 aliphatic heterocycles. The molecule has 0 radical (unpaired) electrons. The number of benzene rings is 1. The van der Waals surface area contributed by atoms with Gasteiger partial charge in [0.15, 0.2) is 6.61 Å². The van der Waals surface area contributed by atoms with Crippen LogP contribution in [0.4, 0.5) is 5.69 Å². The van der Waals surface area contributed by atoms with Crippen molar-refractivity contribution in [2.75, 3.05) is 11.9 Å². The van der Waals surface area contributed by atoms with Gasteiger partial charge in [-0.1, -0.05) is 6.07 Å². The van der Waals surface area contributed by atoms with E-state index in [9.17, 15) is 19.5 Å². The number of rotatable bonds is 7. The van der Waals surface area contributed by atoms with Crippen molar-refractivity contribution in [2.45, 2.75) is 19.4 Å². The molecule has 2 amide bonds. The standard InChI is InChI=1S/C17H18N2O5S/c1-11(20)18-14(15-3-2-8-25-15)9-17(23)24-10-16(22)19-12-4-6-13(21)7-5-12/h2-8,14,21H,9-10H2,1H3,(H,18,20)(H,19,22). The molecule has 132 valence electrons. The third-order valence-electron chi connectivity index (χ3n) is 3.15. The fourth-order valence-electron chi connectivity index (χ4n) is 2.07. The topological polar surface area (TPSA) is 105 Å². The molecule has 1 atom stereocenters. The SMILES string of the molecule is CC(=O)NC(CC(=O)OCC(=O)Nc1ccc(O)cc1)c1cccs1. The highest BCUT2D eigenvalue weighted by molar-refractivity contribution is 7.10. The number of phenolic OH excluding ortho intramolecular Hbond substituents is 1. The minimum absolute atomic E-state index is 0.0629. The lowest BCUT2D eigenvalue weighted by atomic mass is 10.1. The summed E-state index contributed by atoms with van der Waals surface area (Å²) in [6.45, 7) is 0.938. The Bertz CT molecular complexity index is 728. The molecule has 0 saturated heterocycles. The van der Waals surface area contributed by atoms with Gasteiger partial charge in [0.2, 0.25) is 5.91 Å². The molecule has 3 N–H and O–H groups in total. The zero-order valence-electron chi connectivity index (χ0n) is 13.5. The highest BCUT2D eigenvalue weighted by Gasteiger charge is 2.19. The first kappa shape index (κ1) is 18.5. The maximum atomic E-state index is 11.9. The third-order valence-corrected chi connectivity index (χ3v) is 4.14. The van der Waals surface area contributed by atoms with Crippen LogP contribution in [0.2, 0.25) is 0 Å². The Hall–Kier alpha value is -2.87. The van der Waals surface area contributed by atoms with E-state index < -0.39 is 24.5 Å². The van der Waals surface area contributed by atoms with Crippen molar-refractivity contribution in [3.63, 3.8) is 0 Å². The number of hydrogen-bond acceptors (Lipinski definition) is 6. The van der Waals surface area contributed by atoms with Crippen molar-refractivity contribution >= 4 is 34.8 Å². The smallest absolute Gasteiger partial charge is 0.308 e. The number of phenols is 1. The molecular weight excluding hydrogens is 344 g/mol. The zero-order chi connectivity index (χ0) is 18.2. The molecule has 0 bridgehead atoms. The van der Waals surface area contributed by atoms with E-state index in [-0.39, 0.29) is 18.1 Å². The minimum Gasteiger partial charge on any atom is -0.508 e. The number of esters is 1. The van der Waals surface area contributed by atoms with Gasteiger partial charge in [-0.2, -0.15) is 0 Å². The van der Waals surface area contributed by atoms with E-state index in [1.165, 1.54) is 42.5 Å². The van der Waals surface area contributed by atoms with Gasteiger partial charge in [-0.3, -0.25) is 14.4 Å².